The van der Waals surface area contributed by atoms with E-state index in [0.717, 1.165) is 19.5 Å². The Balaban J connectivity index is 1.92. The second-order valence-electron chi connectivity index (χ2n) is 4.88. The van der Waals surface area contributed by atoms with Gasteiger partial charge in [0.2, 0.25) is 0 Å². The topological polar surface area (TPSA) is 82.5 Å². The Bertz CT molecular complexity index is 473. The summed E-state index contributed by atoms with van der Waals surface area (Å²) in [6.07, 6.45) is 2.40. The van der Waals surface area contributed by atoms with Crippen molar-refractivity contribution in [1.82, 2.24) is 9.88 Å². The number of anilines is 1. The average molecular weight is 263 g/mol. The van der Waals surface area contributed by atoms with E-state index >= 15 is 0 Å². The van der Waals surface area contributed by atoms with E-state index in [2.05, 4.69) is 17.2 Å². The Hall–Kier alpha value is -2.11. The zero-order valence-electron chi connectivity index (χ0n) is 10.8. The number of carboxylic acid groups (broad SMARTS) is 1. The largest absolute Gasteiger partial charge is 0.481 e. The van der Waals surface area contributed by atoms with Crippen molar-refractivity contribution < 1.29 is 14.7 Å². The maximum absolute atomic E-state index is 11.9. The summed E-state index contributed by atoms with van der Waals surface area (Å²) in [5, 5.41) is 11.4. The molecule has 6 nitrogen and oxygen atoms in total. The van der Waals surface area contributed by atoms with Gasteiger partial charge in [-0.25, -0.2) is 4.79 Å². The number of aliphatic carboxylic acids is 1. The molecule has 2 heterocycles. The molecule has 0 spiro atoms. The number of carbonyl (C=O) groups is 2. The Morgan fingerprint density at radius 2 is 2.32 bits per heavy atom. The molecule has 2 rings (SSSR count). The van der Waals surface area contributed by atoms with Crippen molar-refractivity contribution >= 4 is 17.7 Å². The highest BCUT2D eigenvalue weighted by molar-refractivity contribution is 5.89. The molecule has 1 atom stereocenters. The molecule has 0 bridgehead atoms. The number of carbonyl (C=O) groups excluding carboxylic acids is 1. The second kappa shape index (κ2) is 5.69. The van der Waals surface area contributed by atoms with Gasteiger partial charge in [0.25, 0.3) is 0 Å². The van der Waals surface area contributed by atoms with Crippen molar-refractivity contribution in [3.63, 3.8) is 0 Å². The van der Waals surface area contributed by atoms with Gasteiger partial charge < -0.3 is 15.3 Å². The minimum atomic E-state index is -0.921. The van der Waals surface area contributed by atoms with E-state index in [1.54, 1.807) is 17.0 Å². The predicted octanol–water partition coefficient (Wildman–Crippen LogP) is 1.58. The van der Waals surface area contributed by atoms with Crippen LogP contribution in [0.3, 0.4) is 0 Å². The van der Waals surface area contributed by atoms with E-state index in [9.17, 15) is 9.59 Å². The predicted molar refractivity (Wildman–Crippen MR) is 69.9 cm³/mol. The van der Waals surface area contributed by atoms with E-state index in [4.69, 9.17) is 5.11 Å². The minimum Gasteiger partial charge on any atom is -0.481 e. The highest BCUT2D eigenvalue weighted by atomic mass is 16.4. The Labute approximate surface area is 111 Å². The Kier molecular flexibility index (Phi) is 3.99. The van der Waals surface area contributed by atoms with Crippen molar-refractivity contribution in [3.05, 3.63) is 24.0 Å². The van der Waals surface area contributed by atoms with Crippen LogP contribution in [0.25, 0.3) is 0 Å². The van der Waals surface area contributed by atoms with Crippen molar-refractivity contribution in [2.75, 3.05) is 18.4 Å². The van der Waals surface area contributed by atoms with E-state index in [0.29, 0.717) is 17.3 Å². The molecule has 19 heavy (non-hydrogen) atoms. The number of hydrogen-bond acceptors (Lipinski definition) is 3. The van der Waals surface area contributed by atoms with Crippen LogP contribution >= 0.6 is 0 Å². The van der Waals surface area contributed by atoms with Gasteiger partial charge in [0.15, 0.2) is 0 Å². The number of carboxylic acids is 1. The third-order valence-corrected chi connectivity index (χ3v) is 3.12. The van der Waals surface area contributed by atoms with Crippen molar-refractivity contribution in [1.29, 1.82) is 0 Å². The highest BCUT2D eigenvalue weighted by Gasteiger charge is 2.23. The minimum absolute atomic E-state index is 0.113. The molecule has 6 heteroatoms. The Morgan fingerprint density at radius 3 is 2.84 bits per heavy atom. The summed E-state index contributed by atoms with van der Waals surface area (Å²) in [4.78, 5) is 28.2. The fraction of sp³-hybridized carbons (Fsp3) is 0.462. The first-order valence-corrected chi connectivity index (χ1v) is 6.27. The molecule has 1 aliphatic heterocycles. The van der Waals surface area contributed by atoms with Gasteiger partial charge in [0.1, 0.15) is 0 Å². The molecule has 0 saturated carbocycles. The lowest BCUT2D eigenvalue weighted by Gasteiger charge is -2.16. The fourth-order valence-electron chi connectivity index (χ4n) is 2.08. The molecule has 0 aliphatic carbocycles. The number of nitrogens with zero attached hydrogens (tertiary/aromatic N) is 2. The molecule has 0 aromatic carbocycles. The summed E-state index contributed by atoms with van der Waals surface area (Å²) < 4.78 is 0. The quantitative estimate of drug-likeness (QED) is 0.867. The molecule has 1 aromatic rings. The van der Waals surface area contributed by atoms with Crippen LogP contribution in [0.1, 0.15) is 19.0 Å². The van der Waals surface area contributed by atoms with E-state index in [1.165, 1.54) is 6.20 Å². The molecule has 1 saturated heterocycles. The van der Waals surface area contributed by atoms with Gasteiger partial charge in [0, 0.05) is 13.1 Å². The molecule has 2 amide bonds. The third-order valence-electron chi connectivity index (χ3n) is 3.12. The van der Waals surface area contributed by atoms with Crippen molar-refractivity contribution in [3.8, 4) is 0 Å². The van der Waals surface area contributed by atoms with Crippen molar-refractivity contribution in [2.45, 2.75) is 19.8 Å². The van der Waals surface area contributed by atoms with Gasteiger partial charge >= 0.3 is 12.0 Å². The summed E-state index contributed by atoms with van der Waals surface area (Å²) in [6, 6.07) is 3.15. The molecule has 1 aromatic heterocycles. The summed E-state index contributed by atoms with van der Waals surface area (Å²) in [6.45, 7) is 3.67. The molecule has 1 unspecified atom stereocenters. The molecule has 1 fully saturated rings. The van der Waals surface area contributed by atoms with Crippen LogP contribution in [0.15, 0.2) is 18.3 Å². The molecular weight excluding hydrogens is 246 g/mol. The highest BCUT2D eigenvalue weighted by Crippen LogP contribution is 2.16. The summed E-state index contributed by atoms with van der Waals surface area (Å²) in [5.41, 5.74) is 1.05. The van der Waals surface area contributed by atoms with Gasteiger partial charge in [0.05, 0.1) is 24.0 Å². The normalized spacial score (nSPS) is 18.4. The van der Waals surface area contributed by atoms with Crippen LogP contribution in [0.2, 0.25) is 0 Å². The molecule has 2 N–H and O–H groups in total. The smallest absolute Gasteiger partial charge is 0.321 e. The van der Waals surface area contributed by atoms with Crippen LogP contribution in [-0.4, -0.2) is 40.1 Å². The van der Waals surface area contributed by atoms with E-state index in [-0.39, 0.29) is 12.5 Å². The molecular formula is C13H17N3O3. The molecule has 1 aliphatic rings. The van der Waals surface area contributed by atoms with Gasteiger partial charge in [-0.05, 0) is 24.5 Å². The lowest BCUT2D eigenvalue weighted by molar-refractivity contribution is -0.136. The number of likely N-dealkylation sites (tertiary alicyclic amines) is 1. The first-order valence-electron chi connectivity index (χ1n) is 6.27. The third kappa shape index (κ3) is 3.67. The van der Waals surface area contributed by atoms with Gasteiger partial charge in [-0.1, -0.05) is 6.92 Å². The number of urea groups is 1. The number of hydrogen-bond donors (Lipinski definition) is 2. The average Bonchev–Trinajstić information content (AvgIpc) is 2.78. The first kappa shape index (κ1) is 13.3. The SMILES string of the molecule is CC1CCN(C(=O)Nc2ccc(CC(=O)O)nc2)C1. The number of nitrogens with one attached hydrogen (secondary N) is 1. The maximum Gasteiger partial charge on any atom is 0.321 e. The molecule has 102 valence electrons. The number of rotatable bonds is 3. The summed E-state index contributed by atoms with van der Waals surface area (Å²) >= 11 is 0. The number of pyridine rings is 1. The lowest BCUT2D eigenvalue weighted by Crippen LogP contribution is -2.32. The zero-order valence-corrected chi connectivity index (χ0v) is 10.8. The van der Waals surface area contributed by atoms with Gasteiger partial charge in [-0.2, -0.15) is 0 Å². The fourth-order valence-corrected chi connectivity index (χ4v) is 2.08. The second-order valence-corrected chi connectivity index (χ2v) is 4.88. The number of aromatic nitrogens is 1. The summed E-state index contributed by atoms with van der Waals surface area (Å²) in [7, 11) is 0. The van der Waals surface area contributed by atoms with E-state index < -0.39 is 5.97 Å². The Morgan fingerprint density at radius 1 is 1.53 bits per heavy atom. The van der Waals surface area contributed by atoms with Gasteiger partial charge in [-0.15, -0.1) is 0 Å². The number of amides is 2. The standard InChI is InChI=1S/C13H17N3O3/c1-9-4-5-16(8-9)13(19)15-11-3-2-10(14-7-11)6-12(17)18/h2-3,7,9H,4-6,8H2,1H3,(H,15,19)(H,17,18). The molecule has 0 radical (unpaired) electrons. The maximum atomic E-state index is 11.9. The zero-order chi connectivity index (χ0) is 13.8. The lowest BCUT2D eigenvalue weighted by atomic mass is 10.2. The van der Waals surface area contributed by atoms with E-state index in [1.807, 2.05) is 0 Å². The van der Waals surface area contributed by atoms with Crippen LogP contribution in [0, 0.1) is 5.92 Å². The van der Waals surface area contributed by atoms with Crippen LogP contribution < -0.4 is 5.32 Å². The van der Waals surface area contributed by atoms with Crippen molar-refractivity contribution in [2.24, 2.45) is 5.92 Å². The summed E-state index contributed by atoms with van der Waals surface area (Å²) in [5.74, 6) is -0.378. The van der Waals surface area contributed by atoms with Crippen LogP contribution in [0.4, 0.5) is 10.5 Å². The van der Waals surface area contributed by atoms with Crippen LogP contribution in [-0.2, 0) is 11.2 Å². The van der Waals surface area contributed by atoms with Gasteiger partial charge in [-0.3, -0.25) is 9.78 Å². The van der Waals surface area contributed by atoms with Crippen LogP contribution in [0.5, 0.6) is 0 Å². The monoisotopic (exact) mass is 263 g/mol. The first-order chi connectivity index (χ1) is 9.04.